The average molecular weight is 364 g/mol. The molecule has 4 rings (SSSR count). The highest BCUT2D eigenvalue weighted by molar-refractivity contribution is 6.30. The number of para-hydroxylation sites is 1. The Morgan fingerprint density at radius 1 is 0.885 bits per heavy atom. The van der Waals surface area contributed by atoms with E-state index in [0.29, 0.717) is 0 Å². The number of hydrogen-bond donors (Lipinski definition) is 1. The molecule has 0 aliphatic carbocycles. The maximum absolute atomic E-state index is 5.93. The van der Waals surface area contributed by atoms with Gasteiger partial charge in [0, 0.05) is 48.3 Å². The highest BCUT2D eigenvalue weighted by Crippen LogP contribution is 2.20. The normalized spacial score (nSPS) is 13.1. The molecule has 0 saturated carbocycles. The molecule has 1 aliphatic heterocycles. The molecule has 0 spiro atoms. The molecule has 130 valence electrons. The molecule has 2 aromatic carbocycles. The lowest BCUT2D eigenvalue weighted by molar-refractivity contribution is 0.349. The van der Waals surface area contributed by atoms with Crippen molar-refractivity contribution in [3.05, 3.63) is 90.2 Å². The summed E-state index contributed by atoms with van der Waals surface area (Å²) in [6.07, 6.45) is 8.39. The van der Waals surface area contributed by atoms with Crippen LogP contribution in [0.4, 0.5) is 5.69 Å². The minimum Gasteiger partial charge on any atom is -0.285 e. The Hall–Kier alpha value is -3.05. The summed E-state index contributed by atoms with van der Waals surface area (Å²) in [5, 5.41) is 4.83. The molecule has 3 aromatic rings. The number of nitrogens with zero attached hydrogens (tertiary/aromatic N) is 4. The van der Waals surface area contributed by atoms with Crippen LogP contribution >= 0.6 is 11.6 Å². The quantitative estimate of drug-likeness (QED) is 0.740. The van der Waals surface area contributed by atoms with Crippen molar-refractivity contribution in [2.45, 2.75) is 6.42 Å². The van der Waals surface area contributed by atoms with E-state index in [2.05, 4.69) is 32.5 Å². The molecule has 26 heavy (non-hydrogen) atoms. The van der Waals surface area contributed by atoms with E-state index in [4.69, 9.17) is 11.6 Å². The first-order chi connectivity index (χ1) is 12.8. The van der Waals surface area contributed by atoms with E-state index in [1.165, 1.54) is 0 Å². The molecule has 1 aliphatic rings. The summed E-state index contributed by atoms with van der Waals surface area (Å²) < 4.78 is 0. The van der Waals surface area contributed by atoms with E-state index >= 15 is 0 Å². The van der Waals surface area contributed by atoms with Gasteiger partial charge in [0.2, 0.25) is 0 Å². The third kappa shape index (κ3) is 3.63. The highest BCUT2D eigenvalue weighted by Gasteiger charge is 2.16. The summed E-state index contributed by atoms with van der Waals surface area (Å²) in [4.78, 5) is 9.00. The second-order valence-corrected chi connectivity index (χ2v) is 6.34. The first kappa shape index (κ1) is 16.4. The number of hydrogen-bond acceptors (Lipinski definition) is 5. The third-order valence-electron chi connectivity index (χ3n) is 4.15. The number of benzene rings is 2. The van der Waals surface area contributed by atoms with Crippen LogP contribution in [0.15, 0.2) is 79.4 Å². The van der Waals surface area contributed by atoms with Crippen molar-refractivity contribution in [1.29, 1.82) is 0 Å². The molecule has 1 N–H and O–H groups in total. The van der Waals surface area contributed by atoms with Gasteiger partial charge in [-0.05, 0) is 29.8 Å². The van der Waals surface area contributed by atoms with Gasteiger partial charge in [-0.15, -0.1) is 0 Å². The zero-order valence-electron chi connectivity index (χ0n) is 14.1. The van der Waals surface area contributed by atoms with Crippen molar-refractivity contribution in [1.82, 2.24) is 20.4 Å². The minimum absolute atomic E-state index is 0.724. The summed E-state index contributed by atoms with van der Waals surface area (Å²) >= 11 is 5.93. The van der Waals surface area contributed by atoms with Crippen LogP contribution in [0.25, 0.3) is 11.1 Å². The van der Waals surface area contributed by atoms with Gasteiger partial charge >= 0.3 is 0 Å². The second-order valence-electron chi connectivity index (χ2n) is 5.90. The van der Waals surface area contributed by atoms with Crippen LogP contribution < -0.4 is 10.5 Å². The Balaban J connectivity index is 1.40. The standard InChI is InChI=1S/C20H18ClN5/c21-18-8-6-16(7-9-18)17-14-22-20(23-15-17)10-12-25-13-11-24-26(25)19-4-2-1-3-5-19/h1-9,11,13-15,24H,10,12H2. The minimum atomic E-state index is 0.724. The summed E-state index contributed by atoms with van der Waals surface area (Å²) in [6, 6.07) is 17.9. The van der Waals surface area contributed by atoms with Gasteiger partial charge in [0.1, 0.15) is 5.82 Å². The Morgan fingerprint density at radius 2 is 1.62 bits per heavy atom. The topological polar surface area (TPSA) is 44.3 Å². The summed E-state index contributed by atoms with van der Waals surface area (Å²) in [7, 11) is 0. The molecule has 6 heteroatoms. The van der Waals surface area contributed by atoms with Gasteiger partial charge in [-0.25, -0.2) is 9.97 Å². The Morgan fingerprint density at radius 3 is 2.35 bits per heavy atom. The van der Waals surface area contributed by atoms with Crippen molar-refractivity contribution >= 4 is 17.3 Å². The van der Waals surface area contributed by atoms with E-state index in [1.54, 1.807) is 0 Å². The van der Waals surface area contributed by atoms with E-state index in [0.717, 1.165) is 40.6 Å². The number of hydrazine groups is 2. The summed E-state index contributed by atoms with van der Waals surface area (Å²) in [6.45, 7) is 0.776. The van der Waals surface area contributed by atoms with Crippen molar-refractivity contribution in [2.75, 3.05) is 11.7 Å². The van der Waals surface area contributed by atoms with Gasteiger partial charge in [0.15, 0.2) is 0 Å². The van der Waals surface area contributed by atoms with Gasteiger partial charge < -0.3 is 0 Å². The predicted molar refractivity (Wildman–Crippen MR) is 104 cm³/mol. The smallest absolute Gasteiger partial charge is 0.130 e. The first-order valence-corrected chi connectivity index (χ1v) is 8.79. The average Bonchev–Trinajstić information content (AvgIpc) is 3.17. The van der Waals surface area contributed by atoms with E-state index in [9.17, 15) is 0 Å². The van der Waals surface area contributed by atoms with Crippen LogP contribution in [0.2, 0.25) is 5.02 Å². The van der Waals surface area contributed by atoms with Gasteiger partial charge in [-0.2, -0.15) is 5.12 Å². The number of aromatic nitrogens is 2. The molecule has 0 atom stereocenters. The zero-order chi connectivity index (χ0) is 17.8. The fourth-order valence-corrected chi connectivity index (χ4v) is 2.91. The Labute approximate surface area is 157 Å². The van der Waals surface area contributed by atoms with E-state index in [1.807, 2.05) is 72.4 Å². The van der Waals surface area contributed by atoms with Crippen molar-refractivity contribution < 1.29 is 0 Å². The monoisotopic (exact) mass is 363 g/mol. The van der Waals surface area contributed by atoms with Crippen LogP contribution in [-0.2, 0) is 6.42 Å². The zero-order valence-corrected chi connectivity index (χ0v) is 14.8. The van der Waals surface area contributed by atoms with Crippen LogP contribution in [0.3, 0.4) is 0 Å². The van der Waals surface area contributed by atoms with Crippen LogP contribution in [0, 0.1) is 0 Å². The van der Waals surface area contributed by atoms with E-state index < -0.39 is 0 Å². The van der Waals surface area contributed by atoms with Crippen LogP contribution in [0.1, 0.15) is 5.82 Å². The second kappa shape index (κ2) is 7.45. The summed E-state index contributed by atoms with van der Waals surface area (Å²) in [5.41, 5.74) is 6.35. The number of rotatable bonds is 5. The van der Waals surface area contributed by atoms with Gasteiger partial charge in [0.05, 0.1) is 5.69 Å². The van der Waals surface area contributed by atoms with Gasteiger partial charge in [-0.3, -0.25) is 10.4 Å². The molecule has 0 saturated heterocycles. The SMILES string of the molecule is Clc1ccc(-c2cnc(CCN3C=CNN3c3ccccc3)nc2)cc1. The largest absolute Gasteiger partial charge is 0.285 e. The van der Waals surface area contributed by atoms with Crippen molar-refractivity contribution in [3.8, 4) is 11.1 Å². The fourth-order valence-electron chi connectivity index (χ4n) is 2.79. The van der Waals surface area contributed by atoms with Crippen LogP contribution in [-0.4, -0.2) is 21.5 Å². The molecule has 0 amide bonds. The fraction of sp³-hybridized carbons (Fsp3) is 0.100. The lowest BCUT2D eigenvalue weighted by Crippen LogP contribution is -2.42. The molecule has 0 fully saturated rings. The van der Waals surface area contributed by atoms with Crippen LogP contribution in [0.5, 0.6) is 0 Å². The van der Waals surface area contributed by atoms with Crippen molar-refractivity contribution in [2.24, 2.45) is 0 Å². The molecule has 1 aromatic heterocycles. The lowest BCUT2D eigenvalue weighted by Gasteiger charge is -2.30. The highest BCUT2D eigenvalue weighted by atomic mass is 35.5. The van der Waals surface area contributed by atoms with Gasteiger partial charge in [-0.1, -0.05) is 41.9 Å². The number of halogens is 1. The third-order valence-corrected chi connectivity index (χ3v) is 4.40. The van der Waals surface area contributed by atoms with Gasteiger partial charge in [0.25, 0.3) is 0 Å². The molecule has 2 heterocycles. The lowest BCUT2D eigenvalue weighted by atomic mass is 10.1. The summed E-state index contributed by atoms with van der Waals surface area (Å²) in [5.74, 6) is 0.816. The number of nitrogens with one attached hydrogen (secondary N) is 1. The molecule has 0 unspecified atom stereocenters. The maximum atomic E-state index is 5.93. The molecule has 0 bridgehead atoms. The molecular weight excluding hydrogens is 346 g/mol. The Bertz CT molecular complexity index is 878. The first-order valence-electron chi connectivity index (χ1n) is 8.41. The predicted octanol–water partition coefficient (Wildman–Crippen LogP) is 4.05. The molecule has 0 radical (unpaired) electrons. The molecule has 5 nitrogen and oxygen atoms in total. The van der Waals surface area contributed by atoms with Crippen molar-refractivity contribution in [3.63, 3.8) is 0 Å². The molecular formula is C20H18ClN5. The Kier molecular flexibility index (Phi) is 4.71. The maximum Gasteiger partial charge on any atom is 0.130 e. The van der Waals surface area contributed by atoms with E-state index in [-0.39, 0.29) is 0 Å². The number of anilines is 1.